The van der Waals surface area contributed by atoms with E-state index < -0.39 is 0 Å². The molecule has 1 fully saturated rings. The van der Waals surface area contributed by atoms with E-state index in [2.05, 4.69) is 10.3 Å². The molecule has 5 heteroatoms. The molecule has 116 valence electrons. The topological polar surface area (TPSA) is 45.2 Å². The number of aryl methyl sites for hydroxylation is 1. The molecule has 0 bridgehead atoms. The molecule has 22 heavy (non-hydrogen) atoms. The fourth-order valence-electron chi connectivity index (χ4n) is 2.50. The van der Waals surface area contributed by atoms with Crippen molar-refractivity contribution in [2.24, 2.45) is 5.92 Å². The van der Waals surface area contributed by atoms with Crippen LogP contribution in [0.4, 0.5) is 4.79 Å². The van der Waals surface area contributed by atoms with Crippen LogP contribution in [0.3, 0.4) is 0 Å². The summed E-state index contributed by atoms with van der Waals surface area (Å²) in [4.78, 5) is 18.7. The average molecular weight is 315 g/mol. The number of carbonyl (C=O) groups is 1. The van der Waals surface area contributed by atoms with Crippen molar-refractivity contribution >= 4 is 17.4 Å². The molecule has 2 aromatic rings. The number of nitrogens with zero attached hydrogens (tertiary/aromatic N) is 2. The Morgan fingerprint density at radius 2 is 2.14 bits per heavy atom. The van der Waals surface area contributed by atoms with Gasteiger partial charge in [0.05, 0.1) is 6.04 Å². The van der Waals surface area contributed by atoms with Gasteiger partial charge in [-0.1, -0.05) is 30.3 Å². The maximum atomic E-state index is 12.5. The molecule has 1 aromatic heterocycles. The third-order valence-electron chi connectivity index (χ3n) is 3.88. The highest BCUT2D eigenvalue weighted by molar-refractivity contribution is 7.09. The number of hydrogen-bond donors (Lipinski definition) is 1. The number of thiazole rings is 1. The lowest BCUT2D eigenvalue weighted by Gasteiger charge is -2.22. The van der Waals surface area contributed by atoms with E-state index in [-0.39, 0.29) is 12.1 Å². The number of carbonyl (C=O) groups excluding carboxylic acids is 1. The first-order chi connectivity index (χ1) is 10.6. The molecular formula is C17H21N3OS. The highest BCUT2D eigenvalue weighted by Gasteiger charge is 2.35. The molecule has 0 aliphatic heterocycles. The van der Waals surface area contributed by atoms with Gasteiger partial charge >= 0.3 is 6.03 Å². The van der Waals surface area contributed by atoms with E-state index in [0.29, 0.717) is 12.5 Å². The van der Waals surface area contributed by atoms with Gasteiger partial charge in [0.15, 0.2) is 0 Å². The molecule has 1 N–H and O–H groups in total. The van der Waals surface area contributed by atoms with Gasteiger partial charge in [0.2, 0.25) is 0 Å². The number of amides is 2. The zero-order chi connectivity index (χ0) is 15.5. The minimum atomic E-state index is -0.0337. The minimum absolute atomic E-state index is 0.0337. The van der Waals surface area contributed by atoms with E-state index in [4.69, 9.17) is 0 Å². The van der Waals surface area contributed by atoms with Crippen LogP contribution in [0.5, 0.6) is 0 Å². The average Bonchev–Trinajstić information content (AvgIpc) is 3.27. The van der Waals surface area contributed by atoms with Gasteiger partial charge in [0.1, 0.15) is 5.01 Å². The number of benzene rings is 1. The molecule has 1 heterocycles. The van der Waals surface area contributed by atoms with E-state index in [0.717, 1.165) is 16.3 Å². The second kappa shape index (κ2) is 6.48. The Morgan fingerprint density at radius 1 is 1.41 bits per heavy atom. The quantitative estimate of drug-likeness (QED) is 0.913. The SMILES string of the molecule is Cc1csc([C@@H](NC(=O)N(C)Cc2ccccc2)C2CC2)n1. The fourth-order valence-corrected chi connectivity index (χ4v) is 3.44. The summed E-state index contributed by atoms with van der Waals surface area (Å²) in [6.45, 7) is 2.61. The van der Waals surface area contributed by atoms with Crippen LogP contribution in [0, 0.1) is 12.8 Å². The van der Waals surface area contributed by atoms with Crippen molar-refractivity contribution < 1.29 is 4.79 Å². The molecule has 0 saturated heterocycles. The van der Waals surface area contributed by atoms with Crippen LogP contribution in [0.25, 0.3) is 0 Å². The zero-order valence-electron chi connectivity index (χ0n) is 13.0. The summed E-state index contributed by atoms with van der Waals surface area (Å²) in [6, 6.07) is 10.1. The van der Waals surface area contributed by atoms with Crippen molar-refractivity contribution in [1.29, 1.82) is 0 Å². The van der Waals surface area contributed by atoms with E-state index in [1.54, 1.807) is 16.2 Å². The molecular weight excluding hydrogens is 294 g/mol. The highest BCUT2D eigenvalue weighted by Crippen LogP contribution is 2.41. The predicted octanol–water partition coefficient (Wildman–Crippen LogP) is 3.74. The van der Waals surface area contributed by atoms with E-state index >= 15 is 0 Å². The molecule has 0 radical (unpaired) electrons. The summed E-state index contributed by atoms with van der Waals surface area (Å²) in [5, 5.41) is 6.24. The molecule has 1 aliphatic rings. The van der Waals surface area contributed by atoms with Crippen molar-refractivity contribution in [3.63, 3.8) is 0 Å². The number of rotatable bonds is 5. The number of nitrogens with one attached hydrogen (secondary N) is 1. The maximum absolute atomic E-state index is 12.5. The molecule has 0 unspecified atom stereocenters. The summed E-state index contributed by atoms with van der Waals surface area (Å²) in [7, 11) is 1.83. The summed E-state index contributed by atoms with van der Waals surface area (Å²) in [5.41, 5.74) is 2.16. The van der Waals surface area contributed by atoms with Gasteiger partial charge in [-0.25, -0.2) is 9.78 Å². The Balaban J connectivity index is 1.64. The molecule has 1 atom stereocenters. The van der Waals surface area contributed by atoms with Gasteiger partial charge in [0, 0.05) is 24.7 Å². The van der Waals surface area contributed by atoms with Crippen LogP contribution >= 0.6 is 11.3 Å². The highest BCUT2D eigenvalue weighted by atomic mass is 32.1. The monoisotopic (exact) mass is 315 g/mol. The normalized spacial score (nSPS) is 15.4. The third-order valence-corrected chi connectivity index (χ3v) is 4.93. The Bertz CT molecular complexity index is 636. The Morgan fingerprint density at radius 3 is 2.73 bits per heavy atom. The number of aromatic nitrogens is 1. The molecule has 1 aliphatic carbocycles. The number of hydrogen-bond acceptors (Lipinski definition) is 3. The van der Waals surface area contributed by atoms with Crippen LogP contribution in [-0.2, 0) is 6.54 Å². The van der Waals surface area contributed by atoms with Gasteiger partial charge in [-0.3, -0.25) is 0 Å². The van der Waals surface area contributed by atoms with Crippen molar-refractivity contribution in [2.45, 2.75) is 32.4 Å². The Hall–Kier alpha value is -1.88. The molecule has 2 amide bonds. The summed E-state index contributed by atoms with van der Waals surface area (Å²) < 4.78 is 0. The summed E-state index contributed by atoms with van der Waals surface area (Å²) in [6.07, 6.45) is 2.35. The second-order valence-corrected chi connectivity index (χ2v) is 6.82. The van der Waals surface area contributed by atoms with Gasteiger partial charge in [0.25, 0.3) is 0 Å². The van der Waals surface area contributed by atoms with Gasteiger partial charge in [-0.2, -0.15) is 0 Å². The zero-order valence-corrected chi connectivity index (χ0v) is 13.8. The van der Waals surface area contributed by atoms with Crippen LogP contribution in [-0.4, -0.2) is 23.0 Å². The number of urea groups is 1. The summed E-state index contributed by atoms with van der Waals surface area (Å²) >= 11 is 1.64. The van der Waals surface area contributed by atoms with Crippen molar-refractivity contribution in [3.05, 3.63) is 52.0 Å². The van der Waals surface area contributed by atoms with Crippen molar-refractivity contribution in [1.82, 2.24) is 15.2 Å². The lowest BCUT2D eigenvalue weighted by Crippen LogP contribution is -2.39. The van der Waals surface area contributed by atoms with Crippen molar-refractivity contribution in [2.75, 3.05) is 7.05 Å². The molecule has 1 saturated carbocycles. The van der Waals surface area contributed by atoms with Gasteiger partial charge in [-0.15, -0.1) is 11.3 Å². The van der Waals surface area contributed by atoms with Crippen LogP contribution < -0.4 is 5.32 Å². The van der Waals surface area contributed by atoms with E-state index in [9.17, 15) is 4.79 Å². The van der Waals surface area contributed by atoms with Gasteiger partial charge < -0.3 is 10.2 Å². The Labute approximate surface area is 135 Å². The maximum Gasteiger partial charge on any atom is 0.318 e. The van der Waals surface area contributed by atoms with Crippen LogP contribution in [0.1, 0.15) is 35.1 Å². The first kappa shape index (κ1) is 15.0. The largest absolute Gasteiger partial charge is 0.328 e. The molecule has 1 aromatic carbocycles. The first-order valence-corrected chi connectivity index (χ1v) is 8.49. The molecule has 0 spiro atoms. The first-order valence-electron chi connectivity index (χ1n) is 7.61. The fraction of sp³-hybridized carbons (Fsp3) is 0.412. The predicted molar refractivity (Wildman–Crippen MR) is 88.8 cm³/mol. The van der Waals surface area contributed by atoms with Crippen LogP contribution in [0.15, 0.2) is 35.7 Å². The van der Waals surface area contributed by atoms with E-state index in [1.807, 2.05) is 49.7 Å². The lowest BCUT2D eigenvalue weighted by atomic mass is 10.2. The van der Waals surface area contributed by atoms with Crippen LogP contribution in [0.2, 0.25) is 0 Å². The van der Waals surface area contributed by atoms with Crippen molar-refractivity contribution in [3.8, 4) is 0 Å². The third kappa shape index (κ3) is 3.65. The molecule has 4 nitrogen and oxygen atoms in total. The smallest absolute Gasteiger partial charge is 0.318 e. The lowest BCUT2D eigenvalue weighted by molar-refractivity contribution is 0.201. The standard InChI is InChI=1S/C17H21N3OS/c1-12-11-22-16(18-12)15(14-8-9-14)19-17(21)20(2)10-13-6-4-3-5-7-13/h3-7,11,14-15H,8-10H2,1-2H3,(H,19,21)/t15-/m0/s1. The second-order valence-electron chi connectivity index (χ2n) is 5.93. The molecule has 3 rings (SSSR count). The van der Waals surface area contributed by atoms with E-state index in [1.165, 1.54) is 12.8 Å². The van der Waals surface area contributed by atoms with Gasteiger partial charge in [-0.05, 0) is 31.2 Å². The minimum Gasteiger partial charge on any atom is -0.328 e. The summed E-state index contributed by atoms with van der Waals surface area (Å²) in [5.74, 6) is 0.541. The Kier molecular flexibility index (Phi) is 4.43.